The standard InChI is InChI=1S/C8H17NO3/c1-4-12-6-8(11)9(3)5-7(2)10/h7,10H,4-6H2,1-3H3. The van der Waals surface area contributed by atoms with Gasteiger partial charge in [-0.25, -0.2) is 0 Å². The number of carbonyl (C=O) groups excluding carboxylic acids is 1. The van der Waals surface area contributed by atoms with Crippen molar-refractivity contribution in [2.24, 2.45) is 0 Å². The maximum atomic E-state index is 11.1. The van der Waals surface area contributed by atoms with Gasteiger partial charge in [0.1, 0.15) is 6.61 Å². The van der Waals surface area contributed by atoms with Gasteiger partial charge in [-0.1, -0.05) is 0 Å². The number of aliphatic hydroxyl groups excluding tert-OH is 1. The molecular weight excluding hydrogens is 158 g/mol. The summed E-state index contributed by atoms with van der Waals surface area (Å²) in [4.78, 5) is 12.6. The smallest absolute Gasteiger partial charge is 0.248 e. The minimum atomic E-state index is -0.486. The number of nitrogens with zero attached hydrogens (tertiary/aromatic N) is 1. The van der Waals surface area contributed by atoms with Crippen LogP contribution in [0.4, 0.5) is 0 Å². The minimum Gasteiger partial charge on any atom is -0.392 e. The van der Waals surface area contributed by atoms with E-state index >= 15 is 0 Å². The number of carbonyl (C=O) groups is 1. The maximum Gasteiger partial charge on any atom is 0.248 e. The monoisotopic (exact) mass is 175 g/mol. The first-order chi connectivity index (χ1) is 5.57. The Hall–Kier alpha value is -0.610. The first-order valence-electron chi connectivity index (χ1n) is 4.07. The first kappa shape index (κ1) is 11.4. The summed E-state index contributed by atoms with van der Waals surface area (Å²) in [6.07, 6.45) is -0.486. The van der Waals surface area contributed by atoms with Crippen molar-refractivity contribution in [3.05, 3.63) is 0 Å². The van der Waals surface area contributed by atoms with Crippen molar-refractivity contribution >= 4 is 5.91 Å². The summed E-state index contributed by atoms with van der Waals surface area (Å²) in [7, 11) is 1.65. The Balaban J connectivity index is 3.61. The second kappa shape index (κ2) is 5.97. The van der Waals surface area contributed by atoms with Gasteiger partial charge in [-0.05, 0) is 13.8 Å². The second-order valence-electron chi connectivity index (χ2n) is 2.76. The van der Waals surface area contributed by atoms with Crippen LogP contribution in [0.15, 0.2) is 0 Å². The van der Waals surface area contributed by atoms with Crippen molar-refractivity contribution < 1.29 is 14.6 Å². The van der Waals surface area contributed by atoms with Gasteiger partial charge in [0.05, 0.1) is 6.10 Å². The van der Waals surface area contributed by atoms with E-state index in [0.717, 1.165) is 0 Å². The molecule has 4 heteroatoms. The molecule has 0 saturated carbocycles. The van der Waals surface area contributed by atoms with Crippen LogP contribution < -0.4 is 0 Å². The predicted octanol–water partition coefficient (Wildman–Crippen LogP) is -0.138. The number of hydrogen-bond acceptors (Lipinski definition) is 3. The molecule has 0 aliphatic rings. The van der Waals surface area contributed by atoms with E-state index in [1.54, 1.807) is 14.0 Å². The van der Waals surface area contributed by atoms with Gasteiger partial charge in [-0.3, -0.25) is 4.79 Å². The molecule has 0 fully saturated rings. The molecule has 0 heterocycles. The highest BCUT2D eigenvalue weighted by molar-refractivity contribution is 5.77. The molecule has 12 heavy (non-hydrogen) atoms. The summed E-state index contributed by atoms with van der Waals surface area (Å²) in [5.74, 6) is -0.0993. The zero-order valence-corrected chi connectivity index (χ0v) is 7.91. The molecule has 0 spiro atoms. The Morgan fingerprint density at radius 3 is 2.67 bits per heavy atom. The topological polar surface area (TPSA) is 49.8 Å². The van der Waals surface area contributed by atoms with E-state index < -0.39 is 6.10 Å². The molecule has 0 aliphatic heterocycles. The van der Waals surface area contributed by atoms with Crippen LogP contribution in [0.3, 0.4) is 0 Å². The zero-order valence-electron chi connectivity index (χ0n) is 7.91. The van der Waals surface area contributed by atoms with Crippen molar-refractivity contribution in [3.63, 3.8) is 0 Å². The molecule has 0 aliphatic carbocycles. The van der Waals surface area contributed by atoms with Gasteiger partial charge in [0.15, 0.2) is 0 Å². The van der Waals surface area contributed by atoms with E-state index in [-0.39, 0.29) is 12.5 Å². The zero-order chi connectivity index (χ0) is 9.56. The molecule has 4 nitrogen and oxygen atoms in total. The maximum absolute atomic E-state index is 11.1. The van der Waals surface area contributed by atoms with Gasteiger partial charge in [-0.15, -0.1) is 0 Å². The van der Waals surface area contributed by atoms with Crippen molar-refractivity contribution in [1.29, 1.82) is 0 Å². The molecule has 1 unspecified atom stereocenters. The highest BCUT2D eigenvalue weighted by Gasteiger charge is 2.09. The summed E-state index contributed by atoms with van der Waals surface area (Å²) >= 11 is 0. The third kappa shape index (κ3) is 5.09. The largest absolute Gasteiger partial charge is 0.392 e. The van der Waals surface area contributed by atoms with Crippen LogP contribution in [-0.2, 0) is 9.53 Å². The third-order valence-corrected chi connectivity index (χ3v) is 1.39. The minimum absolute atomic E-state index is 0.0969. The highest BCUT2D eigenvalue weighted by atomic mass is 16.5. The van der Waals surface area contributed by atoms with Crippen molar-refractivity contribution in [3.8, 4) is 0 Å². The van der Waals surface area contributed by atoms with Crippen LogP contribution in [0.25, 0.3) is 0 Å². The van der Waals surface area contributed by atoms with Gasteiger partial charge >= 0.3 is 0 Å². The first-order valence-corrected chi connectivity index (χ1v) is 4.07. The molecule has 0 bridgehead atoms. The number of amides is 1. The normalized spacial score (nSPS) is 12.7. The lowest BCUT2D eigenvalue weighted by atomic mass is 10.4. The number of ether oxygens (including phenoxy) is 1. The fraction of sp³-hybridized carbons (Fsp3) is 0.875. The molecule has 0 radical (unpaired) electrons. The molecular formula is C8H17NO3. The number of hydrogen-bond donors (Lipinski definition) is 1. The van der Waals surface area contributed by atoms with Gasteiger partial charge in [0, 0.05) is 20.2 Å². The van der Waals surface area contributed by atoms with E-state index in [0.29, 0.717) is 13.2 Å². The van der Waals surface area contributed by atoms with Crippen LogP contribution in [0.2, 0.25) is 0 Å². The summed E-state index contributed by atoms with van der Waals surface area (Å²) in [6, 6.07) is 0. The number of likely N-dealkylation sites (N-methyl/N-ethyl adjacent to an activating group) is 1. The lowest BCUT2D eigenvalue weighted by Crippen LogP contribution is -2.35. The average Bonchev–Trinajstić information content (AvgIpc) is 1.98. The van der Waals surface area contributed by atoms with Crippen molar-refractivity contribution in [2.75, 3.05) is 26.8 Å². The lowest BCUT2D eigenvalue weighted by molar-refractivity contribution is -0.135. The third-order valence-electron chi connectivity index (χ3n) is 1.39. The van der Waals surface area contributed by atoms with Crippen molar-refractivity contribution in [2.45, 2.75) is 20.0 Å². The predicted molar refractivity (Wildman–Crippen MR) is 45.8 cm³/mol. The Bertz CT molecular complexity index is 136. The molecule has 0 aromatic rings. The van der Waals surface area contributed by atoms with Gasteiger partial charge < -0.3 is 14.7 Å². The van der Waals surface area contributed by atoms with Crippen LogP contribution in [0, 0.1) is 0 Å². The quantitative estimate of drug-likeness (QED) is 0.633. The summed E-state index contributed by atoms with van der Waals surface area (Å²) in [6.45, 7) is 4.46. The molecule has 1 amide bonds. The molecule has 1 N–H and O–H groups in total. The fourth-order valence-corrected chi connectivity index (χ4v) is 0.798. The SMILES string of the molecule is CCOCC(=O)N(C)CC(C)O. The highest BCUT2D eigenvalue weighted by Crippen LogP contribution is 1.90. The van der Waals surface area contributed by atoms with E-state index in [4.69, 9.17) is 9.84 Å². The van der Waals surface area contributed by atoms with Gasteiger partial charge in [-0.2, -0.15) is 0 Å². The second-order valence-corrected chi connectivity index (χ2v) is 2.76. The summed E-state index contributed by atoms with van der Waals surface area (Å²) < 4.78 is 4.93. The van der Waals surface area contributed by atoms with Crippen molar-refractivity contribution in [1.82, 2.24) is 4.90 Å². The van der Waals surface area contributed by atoms with E-state index in [9.17, 15) is 4.79 Å². The Morgan fingerprint density at radius 1 is 1.67 bits per heavy atom. The Labute approximate surface area is 73.1 Å². The number of rotatable bonds is 5. The molecule has 1 atom stereocenters. The molecule has 72 valence electrons. The fourth-order valence-electron chi connectivity index (χ4n) is 0.798. The number of aliphatic hydroxyl groups is 1. The lowest BCUT2D eigenvalue weighted by Gasteiger charge is -2.18. The van der Waals surface area contributed by atoms with Crippen LogP contribution in [0.1, 0.15) is 13.8 Å². The average molecular weight is 175 g/mol. The van der Waals surface area contributed by atoms with Crippen LogP contribution >= 0.6 is 0 Å². The van der Waals surface area contributed by atoms with E-state index in [1.165, 1.54) is 4.90 Å². The van der Waals surface area contributed by atoms with Gasteiger partial charge in [0.25, 0.3) is 0 Å². The van der Waals surface area contributed by atoms with Crippen LogP contribution in [-0.4, -0.2) is 48.8 Å². The Kier molecular flexibility index (Phi) is 5.66. The van der Waals surface area contributed by atoms with E-state index in [2.05, 4.69) is 0 Å². The molecule has 0 aromatic carbocycles. The summed E-state index contributed by atoms with van der Waals surface area (Å²) in [5.41, 5.74) is 0. The van der Waals surface area contributed by atoms with Gasteiger partial charge in [0.2, 0.25) is 5.91 Å². The molecule has 0 rings (SSSR count). The van der Waals surface area contributed by atoms with Crippen LogP contribution in [0.5, 0.6) is 0 Å². The Morgan fingerprint density at radius 2 is 2.25 bits per heavy atom. The van der Waals surface area contributed by atoms with E-state index in [1.807, 2.05) is 6.92 Å². The molecule has 0 aromatic heterocycles. The molecule has 0 saturated heterocycles. The summed E-state index contributed by atoms with van der Waals surface area (Å²) in [5, 5.41) is 8.96.